The minimum absolute atomic E-state index is 0.632. The Hall–Kier alpha value is -2.21. The lowest BCUT2D eigenvalue weighted by atomic mass is 10.3. The van der Waals surface area contributed by atoms with Crippen molar-refractivity contribution < 1.29 is 4.74 Å². The van der Waals surface area contributed by atoms with Crippen LogP contribution < -0.4 is 9.80 Å². The van der Waals surface area contributed by atoms with Gasteiger partial charge in [-0.2, -0.15) is 10.1 Å². The monoisotopic (exact) mass is 285 g/mol. The highest BCUT2D eigenvalue weighted by atomic mass is 16.5. The fourth-order valence-electron chi connectivity index (χ4n) is 2.39. The molecule has 0 N–H and O–H groups in total. The summed E-state index contributed by atoms with van der Waals surface area (Å²) in [5, 5.41) is 8.31. The van der Waals surface area contributed by atoms with Crippen molar-refractivity contribution in [2.24, 2.45) is 0 Å². The Balaban J connectivity index is 1.87. The lowest BCUT2D eigenvalue weighted by molar-refractivity contribution is 0.122. The molecule has 1 aromatic heterocycles. The molecule has 0 aliphatic carbocycles. The molecule has 1 saturated heterocycles. The Morgan fingerprint density at radius 1 is 1.19 bits per heavy atom. The highest BCUT2D eigenvalue weighted by Gasteiger charge is 2.16. The molecule has 6 heteroatoms. The second-order valence-corrected chi connectivity index (χ2v) is 4.79. The van der Waals surface area contributed by atoms with E-state index in [0.29, 0.717) is 5.95 Å². The highest BCUT2D eigenvalue weighted by Crippen LogP contribution is 2.22. The first-order valence-corrected chi connectivity index (χ1v) is 7.23. The third kappa shape index (κ3) is 3.11. The zero-order valence-corrected chi connectivity index (χ0v) is 12.1. The van der Waals surface area contributed by atoms with Crippen molar-refractivity contribution in [3.8, 4) is 0 Å². The van der Waals surface area contributed by atoms with Crippen LogP contribution >= 0.6 is 0 Å². The Morgan fingerprint density at radius 3 is 2.67 bits per heavy atom. The van der Waals surface area contributed by atoms with E-state index in [4.69, 9.17) is 4.74 Å². The number of anilines is 3. The van der Waals surface area contributed by atoms with Gasteiger partial charge in [0.2, 0.25) is 0 Å². The maximum absolute atomic E-state index is 5.37. The summed E-state index contributed by atoms with van der Waals surface area (Å²) in [5.74, 6) is 1.49. The first kappa shape index (κ1) is 13.8. The summed E-state index contributed by atoms with van der Waals surface area (Å²) in [4.78, 5) is 8.90. The van der Waals surface area contributed by atoms with Crippen molar-refractivity contribution in [2.45, 2.75) is 6.92 Å². The number of aromatic nitrogens is 3. The van der Waals surface area contributed by atoms with E-state index in [0.717, 1.165) is 44.4 Å². The summed E-state index contributed by atoms with van der Waals surface area (Å²) in [6.07, 6.45) is 1.72. The van der Waals surface area contributed by atoms with Crippen LogP contribution in [0.15, 0.2) is 36.5 Å². The van der Waals surface area contributed by atoms with Gasteiger partial charge in [0.05, 0.1) is 19.4 Å². The zero-order valence-electron chi connectivity index (χ0n) is 12.1. The molecule has 1 aliphatic heterocycles. The van der Waals surface area contributed by atoms with Gasteiger partial charge in [-0.05, 0) is 19.1 Å². The van der Waals surface area contributed by atoms with Crippen molar-refractivity contribution in [1.29, 1.82) is 0 Å². The van der Waals surface area contributed by atoms with Crippen LogP contribution in [0.2, 0.25) is 0 Å². The standard InChI is InChI=1S/C15H19N5O/c1-2-20(13-6-4-3-5-7-13)15-17-14(12-16-18-15)19-8-10-21-11-9-19/h3-7,12H,2,8-11H2,1H3. The van der Waals surface area contributed by atoms with Crippen LogP contribution in [0.25, 0.3) is 0 Å². The molecule has 1 fully saturated rings. The van der Waals surface area contributed by atoms with Crippen LogP contribution in [-0.2, 0) is 4.74 Å². The Bertz CT molecular complexity index is 571. The molecular formula is C15H19N5O. The van der Waals surface area contributed by atoms with E-state index < -0.39 is 0 Å². The second kappa shape index (κ2) is 6.49. The molecule has 0 bridgehead atoms. The van der Waals surface area contributed by atoms with Crippen LogP contribution in [0.1, 0.15) is 6.92 Å². The summed E-state index contributed by atoms with van der Waals surface area (Å²) in [6, 6.07) is 10.1. The van der Waals surface area contributed by atoms with E-state index in [1.54, 1.807) is 6.20 Å². The minimum Gasteiger partial charge on any atom is -0.378 e. The van der Waals surface area contributed by atoms with Gasteiger partial charge in [-0.25, -0.2) is 0 Å². The van der Waals surface area contributed by atoms with Crippen LogP contribution in [0.3, 0.4) is 0 Å². The summed E-state index contributed by atoms with van der Waals surface area (Å²) in [5.41, 5.74) is 1.07. The Morgan fingerprint density at radius 2 is 1.95 bits per heavy atom. The first-order valence-electron chi connectivity index (χ1n) is 7.23. The summed E-state index contributed by atoms with van der Waals surface area (Å²) >= 11 is 0. The molecule has 6 nitrogen and oxygen atoms in total. The van der Waals surface area contributed by atoms with Gasteiger partial charge in [0, 0.05) is 25.3 Å². The fraction of sp³-hybridized carbons (Fsp3) is 0.400. The molecule has 2 heterocycles. The topological polar surface area (TPSA) is 54.4 Å². The molecule has 0 amide bonds. The third-order valence-corrected chi connectivity index (χ3v) is 3.50. The Labute approximate surface area is 124 Å². The largest absolute Gasteiger partial charge is 0.378 e. The quantitative estimate of drug-likeness (QED) is 0.855. The van der Waals surface area contributed by atoms with Crippen molar-refractivity contribution in [3.63, 3.8) is 0 Å². The van der Waals surface area contributed by atoms with E-state index in [1.807, 2.05) is 30.3 Å². The maximum Gasteiger partial charge on any atom is 0.251 e. The van der Waals surface area contributed by atoms with E-state index in [-0.39, 0.29) is 0 Å². The first-order chi connectivity index (χ1) is 10.4. The molecule has 0 radical (unpaired) electrons. The van der Waals surface area contributed by atoms with Crippen molar-refractivity contribution in [2.75, 3.05) is 42.6 Å². The van der Waals surface area contributed by atoms with Crippen molar-refractivity contribution >= 4 is 17.5 Å². The van der Waals surface area contributed by atoms with Crippen LogP contribution in [0.4, 0.5) is 17.5 Å². The molecule has 21 heavy (non-hydrogen) atoms. The molecule has 0 saturated carbocycles. The number of benzene rings is 1. The average Bonchev–Trinajstić information content (AvgIpc) is 2.58. The molecular weight excluding hydrogens is 266 g/mol. The number of nitrogens with zero attached hydrogens (tertiary/aromatic N) is 5. The number of ether oxygens (including phenoxy) is 1. The second-order valence-electron chi connectivity index (χ2n) is 4.79. The highest BCUT2D eigenvalue weighted by molar-refractivity contribution is 5.57. The predicted molar refractivity (Wildman–Crippen MR) is 82.0 cm³/mol. The summed E-state index contributed by atoms with van der Waals surface area (Å²) in [6.45, 7) is 6.02. The third-order valence-electron chi connectivity index (χ3n) is 3.50. The van der Waals surface area contributed by atoms with Gasteiger partial charge in [-0.1, -0.05) is 18.2 Å². The predicted octanol–water partition coefficient (Wildman–Crippen LogP) is 1.87. The number of hydrogen-bond acceptors (Lipinski definition) is 6. The molecule has 0 atom stereocenters. The molecule has 0 spiro atoms. The molecule has 110 valence electrons. The summed E-state index contributed by atoms with van der Waals surface area (Å²) < 4.78 is 5.37. The van der Waals surface area contributed by atoms with Crippen LogP contribution in [0, 0.1) is 0 Å². The van der Waals surface area contributed by atoms with Crippen molar-refractivity contribution in [3.05, 3.63) is 36.5 Å². The summed E-state index contributed by atoms with van der Waals surface area (Å²) in [7, 11) is 0. The van der Waals surface area contributed by atoms with Gasteiger partial charge >= 0.3 is 0 Å². The average molecular weight is 285 g/mol. The number of morpholine rings is 1. The number of hydrogen-bond donors (Lipinski definition) is 0. The van der Waals surface area contributed by atoms with Crippen LogP contribution in [0.5, 0.6) is 0 Å². The molecule has 1 aliphatic rings. The maximum atomic E-state index is 5.37. The van der Waals surface area contributed by atoms with E-state index >= 15 is 0 Å². The van der Waals surface area contributed by atoms with Gasteiger partial charge in [-0.15, -0.1) is 5.10 Å². The smallest absolute Gasteiger partial charge is 0.251 e. The normalized spacial score (nSPS) is 15.0. The minimum atomic E-state index is 0.632. The SMILES string of the molecule is CCN(c1ccccc1)c1nncc(N2CCOCC2)n1. The van der Waals surface area contributed by atoms with E-state index in [9.17, 15) is 0 Å². The van der Waals surface area contributed by atoms with Crippen LogP contribution in [-0.4, -0.2) is 48.0 Å². The van der Waals surface area contributed by atoms with E-state index in [1.165, 1.54) is 0 Å². The zero-order chi connectivity index (χ0) is 14.5. The number of rotatable bonds is 4. The van der Waals surface area contributed by atoms with Gasteiger partial charge in [-0.3, -0.25) is 0 Å². The van der Waals surface area contributed by atoms with Gasteiger partial charge < -0.3 is 14.5 Å². The molecule has 2 aromatic rings. The van der Waals surface area contributed by atoms with Gasteiger partial charge in [0.25, 0.3) is 5.95 Å². The number of para-hydroxylation sites is 1. The van der Waals surface area contributed by atoms with Crippen molar-refractivity contribution in [1.82, 2.24) is 15.2 Å². The molecule has 3 rings (SSSR count). The molecule has 1 aromatic carbocycles. The molecule has 0 unspecified atom stereocenters. The fourth-order valence-corrected chi connectivity index (χ4v) is 2.39. The van der Waals surface area contributed by atoms with Gasteiger partial charge in [0.15, 0.2) is 5.82 Å². The van der Waals surface area contributed by atoms with Gasteiger partial charge in [0.1, 0.15) is 0 Å². The Kier molecular flexibility index (Phi) is 4.25. The lowest BCUT2D eigenvalue weighted by Crippen LogP contribution is -2.37. The lowest BCUT2D eigenvalue weighted by Gasteiger charge is -2.28. The van der Waals surface area contributed by atoms with E-state index in [2.05, 4.69) is 31.9 Å².